The molecule has 0 aliphatic rings. The summed E-state index contributed by atoms with van der Waals surface area (Å²) >= 11 is 0. The molecule has 0 spiro atoms. The van der Waals surface area contributed by atoms with Crippen LogP contribution in [0.4, 0.5) is 22.7 Å². The first-order chi connectivity index (χ1) is 15.6. The van der Waals surface area contributed by atoms with E-state index in [1.54, 1.807) is 6.07 Å². The number of nitrogens with two attached hydrogens (primary N) is 1. The first-order valence-corrected chi connectivity index (χ1v) is 10.2. The molecule has 1 amide bonds. The van der Waals surface area contributed by atoms with Crippen LogP contribution in [0.3, 0.4) is 0 Å². The van der Waals surface area contributed by atoms with Crippen LogP contribution >= 0.6 is 0 Å². The molecule has 0 aliphatic heterocycles. The normalized spacial score (nSPS) is 10.1. The average Bonchev–Trinajstić information content (AvgIpc) is 2.83. The van der Waals surface area contributed by atoms with E-state index in [2.05, 4.69) is 39.1 Å². The molecule has 0 heterocycles. The van der Waals surface area contributed by atoms with Gasteiger partial charge in [0.25, 0.3) is 5.91 Å². The van der Waals surface area contributed by atoms with E-state index in [9.17, 15) is 9.70 Å². The summed E-state index contributed by atoms with van der Waals surface area (Å²) in [6, 6.07) is 24.6. The molecule has 3 rings (SSSR count). The summed E-state index contributed by atoms with van der Waals surface area (Å²) in [7, 11) is 0. The molecule has 0 aromatic heterocycles. The van der Waals surface area contributed by atoms with Gasteiger partial charge in [-0.1, -0.05) is 30.3 Å². The summed E-state index contributed by atoms with van der Waals surface area (Å²) < 4.78 is 0. The zero-order chi connectivity index (χ0) is 22.8. The van der Waals surface area contributed by atoms with Crippen LogP contribution in [0.15, 0.2) is 78.0 Å². The molecule has 0 aliphatic carbocycles. The third-order valence-electron chi connectivity index (χ3n) is 4.95. The maximum absolute atomic E-state index is 11.7. The van der Waals surface area contributed by atoms with Crippen molar-refractivity contribution >= 4 is 28.7 Å². The maximum atomic E-state index is 11.7. The monoisotopic (exact) mass is 428 g/mol. The maximum Gasteiger partial charge on any atom is 0.250 e. The Kier molecular flexibility index (Phi) is 7.76. The van der Waals surface area contributed by atoms with Crippen molar-refractivity contribution in [3.8, 4) is 6.07 Å². The SMILES string of the molecule is N#CCCN(CCc1ccccc1)c1ccc(NNc2ccc(N=O)cc2C(N)=O)cc1. The molecule has 0 saturated heterocycles. The summed E-state index contributed by atoms with van der Waals surface area (Å²) in [6.07, 6.45) is 1.33. The first-order valence-electron chi connectivity index (χ1n) is 10.2. The number of nitrogens with zero attached hydrogens (tertiary/aromatic N) is 3. The van der Waals surface area contributed by atoms with Crippen molar-refractivity contribution < 1.29 is 4.79 Å². The molecule has 162 valence electrons. The van der Waals surface area contributed by atoms with Gasteiger partial charge in [0.2, 0.25) is 0 Å². The van der Waals surface area contributed by atoms with Gasteiger partial charge in [0, 0.05) is 18.8 Å². The Labute approximate surface area is 186 Å². The van der Waals surface area contributed by atoms with Crippen molar-refractivity contribution in [1.29, 1.82) is 5.26 Å². The molecule has 3 aromatic rings. The number of nitroso groups, excluding NO2 is 1. The van der Waals surface area contributed by atoms with Crippen LogP contribution in [0, 0.1) is 16.2 Å². The molecule has 0 radical (unpaired) electrons. The van der Waals surface area contributed by atoms with E-state index in [-0.39, 0.29) is 11.3 Å². The van der Waals surface area contributed by atoms with E-state index in [0.717, 1.165) is 24.3 Å². The van der Waals surface area contributed by atoms with Crippen LogP contribution in [-0.2, 0) is 6.42 Å². The zero-order valence-corrected chi connectivity index (χ0v) is 17.5. The number of benzene rings is 3. The largest absolute Gasteiger partial charge is 0.370 e. The second-order valence-corrected chi connectivity index (χ2v) is 7.11. The summed E-state index contributed by atoms with van der Waals surface area (Å²) in [6.45, 7) is 1.45. The molecule has 0 atom stereocenters. The average molecular weight is 428 g/mol. The molecule has 3 aromatic carbocycles. The van der Waals surface area contributed by atoms with Gasteiger partial charge in [-0.05, 0) is 59.6 Å². The van der Waals surface area contributed by atoms with Crippen molar-refractivity contribution in [3.05, 3.63) is 88.8 Å². The number of primary amides is 1. The fraction of sp³-hybridized carbons (Fsp3) is 0.167. The first kappa shape index (κ1) is 22.3. The van der Waals surface area contributed by atoms with Crippen LogP contribution in [0.5, 0.6) is 0 Å². The third-order valence-corrected chi connectivity index (χ3v) is 4.95. The lowest BCUT2D eigenvalue weighted by atomic mass is 10.1. The Morgan fingerprint density at radius 3 is 2.41 bits per heavy atom. The quantitative estimate of drug-likeness (QED) is 0.303. The van der Waals surface area contributed by atoms with Crippen LogP contribution < -0.4 is 21.5 Å². The summed E-state index contributed by atoms with van der Waals surface area (Å²) in [4.78, 5) is 24.5. The van der Waals surface area contributed by atoms with Crippen molar-refractivity contribution in [2.24, 2.45) is 10.9 Å². The van der Waals surface area contributed by atoms with Gasteiger partial charge >= 0.3 is 0 Å². The van der Waals surface area contributed by atoms with Crippen LogP contribution in [-0.4, -0.2) is 19.0 Å². The van der Waals surface area contributed by atoms with E-state index in [4.69, 9.17) is 11.0 Å². The predicted octanol–water partition coefficient (Wildman–Crippen LogP) is 4.59. The number of nitriles is 1. The van der Waals surface area contributed by atoms with Gasteiger partial charge in [-0.25, -0.2) is 0 Å². The fourth-order valence-corrected chi connectivity index (χ4v) is 3.26. The Morgan fingerprint density at radius 2 is 1.75 bits per heavy atom. The number of amides is 1. The number of hydrazine groups is 1. The second-order valence-electron chi connectivity index (χ2n) is 7.11. The standard InChI is InChI=1S/C24H24N6O2/c25-14-4-15-30(16-13-18-5-2-1-3-6-18)21-10-7-19(8-11-21)27-28-23-12-9-20(29-32)17-22(23)24(26)31/h1-3,5-12,17,27-28H,4,13,15-16H2,(H2,26,31). The highest BCUT2D eigenvalue weighted by Gasteiger charge is 2.10. The lowest BCUT2D eigenvalue weighted by molar-refractivity contribution is 0.100. The number of carbonyl (C=O) groups is 1. The lowest BCUT2D eigenvalue weighted by Gasteiger charge is -2.24. The molecular formula is C24H24N6O2. The van der Waals surface area contributed by atoms with Crippen LogP contribution in [0.25, 0.3) is 0 Å². The fourth-order valence-electron chi connectivity index (χ4n) is 3.26. The molecule has 8 nitrogen and oxygen atoms in total. The molecule has 32 heavy (non-hydrogen) atoms. The van der Waals surface area contributed by atoms with E-state index in [1.807, 2.05) is 42.5 Å². The number of carbonyl (C=O) groups excluding carboxylic acids is 1. The number of hydrogen-bond acceptors (Lipinski definition) is 7. The number of nitrogens with one attached hydrogen (secondary N) is 2. The molecule has 4 N–H and O–H groups in total. The van der Waals surface area contributed by atoms with Gasteiger partial charge in [-0.3, -0.25) is 4.79 Å². The highest BCUT2D eigenvalue weighted by molar-refractivity contribution is 5.99. The highest BCUT2D eigenvalue weighted by Crippen LogP contribution is 2.23. The smallest absolute Gasteiger partial charge is 0.250 e. The Balaban J connectivity index is 1.66. The molecular weight excluding hydrogens is 404 g/mol. The molecule has 0 saturated carbocycles. The Morgan fingerprint density at radius 1 is 1.00 bits per heavy atom. The van der Waals surface area contributed by atoms with Crippen molar-refractivity contribution in [2.45, 2.75) is 12.8 Å². The molecule has 8 heteroatoms. The lowest BCUT2D eigenvalue weighted by Crippen LogP contribution is -2.26. The van der Waals surface area contributed by atoms with Crippen LogP contribution in [0.1, 0.15) is 22.3 Å². The molecule has 0 unspecified atom stereocenters. The Bertz CT molecular complexity index is 1090. The van der Waals surface area contributed by atoms with Crippen LogP contribution in [0.2, 0.25) is 0 Å². The molecule has 0 fully saturated rings. The van der Waals surface area contributed by atoms with Gasteiger partial charge in [0.15, 0.2) is 0 Å². The minimum atomic E-state index is -0.665. The second kappa shape index (κ2) is 11.1. The number of hydrogen-bond donors (Lipinski definition) is 3. The minimum absolute atomic E-state index is 0.127. The van der Waals surface area contributed by atoms with Gasteiger partial charge in [-0.2, -0.15) is 5.26 Å². The number of anilines is 3. The minimum Gasteiger partial charge on any atom is -0.370 e. The van der Waals surface area contributed by atoms with E-state index < -0.39 is 5.91 Å². The topological polar surface area (TPSA) is 124 Å². The predicted molar refractivity (Wildman–Crippen MR) is 127 cm³/mol. The summed E-state index contributed by atoms with van der Waals surface area (Å²) in [5, 5.41) is 11.8. The highest BCUT2D eigenvalue weighted by atomic mass is 16.3. The van der Waals surface area contributed by atoms with E-state index in [1.165, 1.54) is 17.7 Å². The number of rotatable bonds is 11. The third kappa shape index (κ3) is 6.06. The zero-order valence-electron chi connectivity index (χ0n) is 17.5. The van der Waals surface area contributed by atoms with E-state index in [0.29, 0.717) is 18.7 Å². The van der Waals surface area contributed by atoms with Crippen molar-refractivity contribution in [2.75, 3.05) is 28.8 Å². The summed E-state index contributed by atoms with van der Waals surface area (Å²) in [5.74, 6) is -0.665. The van der Waals surface area contributed by atoms with Gasteiger partial charge in [0.05, 0.1) is 29.4 Å². The molecule has 0 bridgehead atoms. The van der Waals surface area contributed by atoms with Gasteiger partial charge < -0.3 is 21.5 Å². The Hall–Kier alpha value is -4.38. The van der Waals surface area contributed by atoms with Gasteiger partial charge in [0.1, 0.15) is 5.69 Å². The van der Waals surface area contributed by atoms with Gasteiger partial charge in [-0.15, -0.1) is 4.91 Å². The van der Waals surface area contributed by atoms with Crippen molar-refractivity contribution in [1.82, 2.24) is 0 Å². The summed E-state index contributed by atoms with van der Waals surface area (Å²) in [5.41, 5.74) is 15.1. The van der Waals surface area contributed by atoms with E-state index >= 15 is 0 Å². The van der Waals surface area contributed by atoms with Crippen molar-refractivity contribution in [3.63, 3.8) is 0 Å².